The fraction of sp³-hybridized carbons (Fsp3) is 0.273. The molecule has 0 unspecified atom stereocenters. The van der Waals surface area contributed by atoms with Gasteiger partial charge in [-0.3, -0.25) is 0 Å². The van der Waals surface area contributed by atoms with Crippen LogP contribution >= 0.6 is 11.6 Å². The molecule has 0 N–H and O–H groups in total. The van der Waals surface area contributed by atoms with Gasteiger partial charge in [0.05, 0.1) is 5.52 Å². The SMILES string of the molecule is CCc1cccc2c(Cl)nc(C)nc12. The van der Waals surface area contributed by atoms with Crippen LogP contribution in [0, 0.1) is 6.92 Å². The molecule has 2 nitrogen and oxygen atoms in total. The predicted molar refractivity (Wildman–Crippen MR) is 58.7 cm³/mol. The molecule has 0 atom stereocenters. The summed E-state index contributed by atoms with van der Waals surface area (Å²) in [6, 6.07) is 6.02. The molecule has 0 fully saturated rings. The summed E-state index contributed by atoms with van der Waals surface area (Å²) in [7, 11) is 0. The minimum Gasteiger partial charge on any atom is -0.233 e. The van der Waals surface area contributed by atoms with Crippen LogP contribution in [0.1, 0.15) is 18.3 Å². The van der Waals surface area contributed by atoms with Crippen molar-refractivity contribution in [1.29, 1.82) is 0 Å². The topological polar surface area (TPSA) is 25.8 Å². The number of hydrogen-bond acceptors (Lipinski definition) is 2. The zero-order valence-corrected chi connectivity index (χ0v) is 8.97. The summed E-state index contributed by atoms with van der Waals surface area (Å²) in [5.41, 5.74) is 2.20. The molecule has 1 aromatic heterocycles. The molecule has 1 heterocycles. The first kappa shape index (κ1) is 9.41. The molecule has 2 aromatic rings. The van der Waals surface area contributed by atoms with Gasteiger partial charge in [0.2, 0.25) is 0 Å². The van der Waals surface area contributed by atoms with Crippen LogP contribution < -0.4 is 0 Å². The van der Waals surface area contributed by atoms with Crippen LogP contribution in [-0.2, 0) is 6.42 Å². The zero-order valence-electron chi connectivity index (χ0n) is 8.21. The number of rotatable bonds is 1. The normalized spacial score (nSPS) is 10.8. The maximum Gasteiger partial charge on any atom is 0.140 e. The quantitative estimate of drug-likeness (QED) is 0.670. The molecule has 0 aliphatic heterocycles. The van der Waals surface area contributed by atoms with Crippen molar-refractivity contribution >= 4 is 22.5 Å². The number of fused-ring (bicyclic) bond motifs is 1. The third-order valence-electron chi connectivity index (χ3n) is 2.26. The summed E-state index contributed by atoms with van der Waals surface area (Å²) in [6.45, 7) is 3.97. The predicted octanol–water partition coefficient (Wildman–Crippen LogP) is 3.15. The number of para-hydroxylation sites is 1. The molecule has 0 saturated carbocycles. The van der Waals surface area contributed by atoms with Gasteiger partial charge in [0.1, 0.15) is 11.0 Å². The second-order valence-corrected chi connectivity index (χ2v) is 3.59. The third kappa shape index (κ3) is 1.46. The van der Waals surface area contributed by atoms with E-state index in [2.05, 4.69) is 23.0 Å². The first-order valence-corrected chi connectivity index (χ1v) is 5.02. The summed E-state index contributed by atoms with van der Waals surface area (Å²) >= 11 is 6.04. The van der Waals surface area contributed by atoms with Crippen LogP contribution in [0.4, 0.5) is 0 Å². The van der Waals surface area contributed by atoms with E-state index in [-0.39, 0.29) is 0 Å². The number of aryl methyl sites for hydroxylation is 2. The monoisotopic (exact) mass is 206 g/mol. The first-order chi connectivity index (χ1) is 6.72. The molecule has 14 heavy (non-hydrogen) atoms. The van der Waals surface area contributed by atoms with Gasteiger partial charge in [-0.2, -0.15) is 0 Å². The van der Waals surface area contributed by atoms with Crippen molar-refractivity contribution in [2.24, 2.45) is 0 Å². The van der Waals surface area contributed by atoms with E-state index in [1.54, 1.807) is 0 Å². The molecular weight excluding hydrogens is 196 g/mol. The van der Waals surface area contributed by atoms with E-state index in [0.29, 0.717) is 5.15 Å². The largest absolute Gasteiger partial charge is 0.233 e. The second-order valence-electron chi connectivity index (χ2n) is 3.23. The van der Waals surface area contributed by atoms with E-state index < -0.39 is 0 Å². The van der Waals surface area contributed by atoms with Gasteiger partial charge >= 0.3 is 0 Å². The second kappa shape index (κ2) is 3.54. The van der Waals surface area contributed by atoms with Gasteiger partial charge < -0.3 is 0 Å². The summed E-state index contributed by atoms with van der Waals surface area (Å²) in [5, 5.41) is 1.49. The van der Waals surface area contributed by atoms with Crippen molar-refractivity contribution in [3.8, 4) is 0 Å². The Morgan fingerprint density at radius 2 is 2.07 bits per heavy atom. The summed E-state index contributed by atoms with van der Waals surface area (Å²) < 4.78 is 0. The molecule has 0 radical (unpaired) electrons. The van der Waals surface area contributed by atoms with E-state index in [9.17, 15) is 0 Å². The Kier molecular flexibility index (Phi) is 2.38. The highest BCUT2D eigenvalue weighted by Gasteiger charge is 2.05. The number of hydrogen-bond donors (Lipinski definition) is 0. The van der Waals surface area contributed by atoms with Crippen molar-refractivity contribution in [2.75, 3.05) is 0 Å². The number of benzene rings is 1. The lowest BCUT2D eigenvalue weighted by Crippen LogP contribution is -1.93. The van der Waals surface area contributed by atoms with Crippen LogP contribution in [0.15, 0.2) is 18.2 Å². The van der Waals surface area contributed by atoms with Crippen LogP contribution in [0.25, 0.3) is 10.9 Å². The zero-order chi connectivity index (χ0) is 10.1. The molecule has 0 saturated heterocycles. The van der Waals surface area contributed by atoms with Crippen molar-refractivity contribution < 1.29 is 0 Å². The Labute approximate surface area is 88.0 Å². The third-order valence-corrected chi connectivity index (χ3v) is 2.54. The van der Waals surface area contributed by atoms with Gasteiger partial charge in [-0.15, -0.1) is 0 Å². The van der Waals surface area contributed by atoms with E-state index in [0.717, 1.165) is 23.1 Å². The van der Waals surface area contributed by atoms with E-state index >= 15 is 0 Å². The van der Waals surface area contributed by atoms with Gasteiger partial charge in [-0.05, 0) is 25.0 Å². The van der Waals surface area contributed by atoms with E-state index in [1.807, 2.05) is 19.1 Å². The highest BCUT2D eigenvalue weighted by Crippen LogP contribution is 2.23. The Morgan fingerprint density at radius 1 is 1.29 bits per heavy atom. The van der Waals surface area contributed by atoms with E-state index in [4.69, 9.17) is 11.6 Å². The van der Waals surface area contributed by atoms with Gasteiger partial charge in [0.15, 0.2) is 0 Å². The van der Waals surface area contributed by atoms with Crippen LogP contribution in [0.2, 0.25) is 5.15 Å². The number of halogens is 1. The van der Waals surface area contributed by atoms with Crippen LogP contribution in [-0.4, -0.2) is 9.97 Å². The average molecular weight is 207 g/mol. The standard InChI is InChI=1S/C11H11ClN2/c1-3-8-5-4-6-9-10(8)13-7(2)14-11(9)12/h4-6H,3H2,1-2H3. The summed E-state index contributed by atoms with van der Waals surface area (Å²) in [5.74, 6) is 0.725. The first-order valence-electron chi connectivity index (χ1n) is 4.64. The van der Waals surface area contributed by atoms with Crippen LogP contribution in [0.5, 0.6) is 0 Å². The number of nitrogens with zero attached hydrogens (tertiary/aromatic N) is 2. The maximum atomic E-state index is 6.04. The molecule has 0 aliphatic rings. The van der Waals surface area contributed by atoms with Gasteiger partial charge in [0.25, 0.3) is 0 Å². The molecular formula is C11H11ClN2. The van der Waals surface area contributed by atoms with Gasteiger partial charge in [-0.25, -0.2) is 9.97 Å². The average Bonchev–Trinajstić information content (AvgIpc) is 2.17. The van der Waals surface area contributed by atoms with Gasteiger partial charge in [0, 0.05) is 5.39 Å². The molecule has 2 rings (SSSR count). The minimum absolute atomic E-state index is 0.544. The molecule has 0 spiro atoms. The van der Waals surface area contributed by atoms with Crippen molar-refractivity contribution in [3.63, 3.8) is 0 Å². The lowest BCUT2D eigenvalue weighted by Gasteiger charge is -2.05. The fourth-order valence-electron chi connectivity index (χ4n) is 1.56. The fourth-order valence-corrected chi connectivity index (χ4v) is 1.84. The molecule has 72 valence electrons. The lowest BCUT2D eigenvalue weighted by atomic mass is 10.1. The Bertz CT molecular complexity index is 480. The molecule has 0 bridgehead atoms. The molecule has 1 aromatic carbocycles. The summed E-state index contributed by atoms with van der Waals surface area (Å²) in [6.07, 6.45) is 0.962. The molecule has 3 heteroatoms. The Balaban J connectivity index is 2.86. The van der Waals surface area contributed by atoms with Crippen molar-refractivity contribution in [1.82, 2.24) is 9.97 Å². The molecule has 0 aliphatic carbocycles. The Morgan fingerprint density at radius 3 is 2.79 bits per heavy atom. The molecule has 0 amide bonds. The van der Waals surface area contributed by atoms with Crippen LogP contribution in [0.3, 0.4) is 0 Å². The lowest BCUT2D eigenvalue weighted by molar-refractivity contribution is 1.07. The summed E-state index contributed by atoms with van der Waals surface area (Å²) in [4.78, 5) is 8.54. The van der Waals surface area contributed by atoms with E-state index in [1.165, 1.54) is 5.56 Å². The highest BCUT2D eigenvalue weighted by molar-refractivity contribution is 6.34. The highest BCUT2D eigenvalue weighted by atomic mass is 35.5. The maximum absolute atomic E-state index is 6.04. The van der Waals surface area contributed by atoms with Crippen molar-refractivity contribution in [2.45, 2.75) is 20.3 Å². The van der Waals surface area contributed by atoms with Crippen molar-refractivity contribution in [3.05, 3.63) is 34.7 Å². The number of aromatic nitrogens is 2. The van der Waals surface area contributed by atoms with Gasteiger partial charge in [-0.1, -0.05) is 30.7 Å². The smallest absolute Gasteiger partial charge is 0.140 e. The Hall–Kier alpha value is -1.15. The minimum atomic E-state index is 0.544.